The first-order valence-corrected chi connectivity index (χ1v) is 7.19. The fourth-order valence-corrected chi connectivity index (χ4v) is 2.67. The van der Waals surface area contributed by atoms with Gasteiger partial charge >= 0.3 is 0 Å². The molecular weight excluding hydrogens is 256 g/mol. The lowest BCUT2D eigenvalue weighted by atomic mass is 10.2. The van der Waals surface area contributed by atoms with Crippen LogP contribution in [-0.2, 0) is 14.3 Å². The van der Waals surface area contributed by atoms with E-state index in [1.807, 2.05) is 18.2 Å². The summed E-state index contributed by atoms with van der Waals surface area (Å²) in [7, 11) is 0. The van der Waals surface area contributed by atoms with Crippen LogP contribution >= 0.6 is 0 Å². The van der Waals surface area contributed by atoms with Crippen molar-refractivity contribution in [2.75, 3.05) is 43.1 Å². The largest absolute Gasteiger partial charge is 0.376 e. The molecule has 2 aliphatic rings. The molecule has 2 heterocycles. The molecule has 0 radical (unpaired) electrons. The highest BCUT2D eigenvalue weighted by atomic mass is 16.6. The molecule has 2 aliphatic heterocycles. The molecule has 2 saturated heterocycles. The molecule has 0 aromatic heterocycles. The zero-order chi connectivity index (χ0) is 13.8. The summed E-state index contributed by atoms with van der Waals surface area (Å²) in [5.41, 5.74) is 1.95. The Kier molecular flexibility index (Phi) is 4.18. The quantitative estimate of drug-likeness (QED) is 0.912. The number of nitrogens with zero attached hydrogens (tertiary/aromatic N) is 1. The van der Waals surface area contributed by atoms with Crippen molar-refractivity contribution in [3.05, 3.63) is 24.3 Å². The minimum Gasteiger partial charge on any atom is -0.376 e. The van der Waals surface area contributed by atoms with E-state index in [9.17, 15) is 4.79 Å². The van der Waals surface area contributed by atoms with Crippen LogP contribution in [0.2, 0.25) is 0 Å². The van der Waals surface area contributed by atoms with E-state index >= 15 is 0 Å². The number of hydrogen-bond acceptors (Lipinski definition) is 4. The molecule has 0 bridgehead atoms. The van der Waals surface area contributed by atoms with Crippen LogP contribution in [0.25, 0.3) is 0 Å². The monoisotopic (exact) mass is 276 g/mol. The van der Waals surface area contributed by atoms with Gasteiger partial charge in [0.2, 0.25) is 0 Å². The standard InChI is InChI=1S/C15H20N2O3/c18-15(14-11-19-9-10-20-14)16-12-5-1-2-6-13(12)17-7-3-4-8-17/h1-2,5-6,14H,3-4,7-11H2,(H,16,18). The second-order valence-corrected chi connectivity index (χ2v) is 5.13. The van der Waals surface area contributed by atoms with E-state index in [0.29, 0.717) is 19.8 Å². The van der Waals surface area contributed by atoms with E-state index in [1.165, 1.54) is 12.8 Å². The maximum absolute atomic E-state index is 12.2. The number of anilines is 2. The van der Waals surface area contributed by atoms with E-state index in [1.54, 1.807) is 0 Å². The Morgan fingerprint density at radius 3 is 2.75 bits per heavy atom. The molecule has 3 rings (SSSR count). The second-order valence-electron chi connectivity index (χ2n) is 5.13. The van der Waals surface area contributed by atoms with Crippen LogP contribution in [0.1, 0.15) is 12.8 Å². The molecule has 1 atom stereocenters. The molecule has 1 amide bonds. The number of rotatable bonds is 3. The van der Waals surface area contributed by atoms with Gasteiger partial charge in [0.25, 0.3) is 5.91 Å². The van der Waals surface area contributed by atoms with Crippen molar-refractivity contribution < 1.29 is 14.3 Å². The molecule has 0 spiro atoms. The molecular formula is C15H20N2O3. The van der Waals surface area contributed by atoms with Crippen LogP contribution in [0.15, 0.2) is 24.3 Å². The van der Waals surface area contributed by atoms with Crippen LogP contribution in [-0.4, -0.2) is 44.9 Å². The first-order valence-electron chi connectivity index (χ1n) is 7.19. The van der Waals surface area contributed by atoms with Crippen molar-refractivity contribution in [3.63, 3.8) is 0 Å². The lowest BCUT2D eigenvalue weighted by molar-refractivity contribution is -0.142. The SMILES string of the molecule is O=C(Nc1ccccc1N1CCCC1)C1COCCO1. The highest BCUT2D eigenvalue weighted by Gasteiger charge is 2.24. The summed E-state index contributed by atoms with van der Waals surface area (Å²) in [5, 5.41) is 2.97. The highest BCUT2D eigenvalue weighted by Crippen LogP contribution is 2.28. The maximum Gasteiger partial charge on any atom is 0.255 e. The summed E-state index contributed by atoms with van der Waals surface area (Å²) in [6, 6.07) is 7.94. The molecule has 1 aromatic rings. The van der Waals surface area contributed by atoms with Crippen LogP contribution in [0.4, 0.5) is 11.4 Å². The van der Waals surface area contributed by atoms with Gasteiger partial charge in [-0.2, -0.15) is 0 Å². The number of hydrogen-bond donors (Lipinski definition) is 1. The number of nitrogens with one attached hydrogen (secondary N) is 1. The van der Waals surface area contributed by atoms with Gasteiger partial charge < -0.3 is 19.7 Å². The zero-order valence-electron chi connectivity index (χ0n) is 11.5. The molecule has 2 fully saturated rings. The van der Waals surface area contributed by atoms with Gasteiger partial charge in [-0.25, -0.2) is 0 Å². The Balaban J connectivity index is 1.71. The number of amides is 1. The minimum absolute atomic E-state index is 0.128. The van der Waals surface area contributed by atoms with Gasteiger partial charge in [0.15, 0.2) is 6.10 Å². The fraction of sp³-hybridized carbons (Fsp3) is 0.533. The minimum atomic E-state index is -0.504. The first-order chi connectivity index (χ1) is 9.84. The molecule has 5 heteroatoms. The van der Waals surface area contributed by atoms with Crippen molar-refractivity contribution in [1.82, 2.24) is 0 Å². The van der Waals surface area contributed by atoms with Crippen molar-refractivity contribution >= 4 is 17.3 Å². The topological polar surface area (TPSA) is 50.8 Å². The lowest BCUT2D eigenvalue weighted by Crippen LogP contribution is -2.39. The Hall–Kier alpha value is -1.59. The Morgan fingerprint density at radius 1 is 1.20 bits per heavy atom. The summed E-state index contributed by atoms with van der Waals surface area (Å²) >= 11 is 0. The number of ether oxygens (including phenoxy) is 2. The lowest BCUT2D eigenvalue weighted by Gasteiger charge is -2.25. The average Bonchev–Trinajstić information content (AvgIpc) is 3.03. The van der Waals surface area contributed by atoms with Gasteiger partial charge in [-0.15, -0.1) is 0 Å². The van der Waals surface area contributed by atoms with Gasteiger partial charge in [0.05, 0.1) is 31.2 Å². The van der Waals surface area contributed by atoms with Crippen LogP contribution in [0.3, 0.4) is 0 Å². The van der Waals surface area contributed by atoms with Gasteiger partial charge in [0, 0.05) is 13.1 Å². The van der Waals surface area contributed by atoms with E-state index in [4.69, 9.17) is 9.47 Å². The van der Waals surface area contributed by atoms with Crippen LogP contribution in [0, 0.1) is 0 Å². The fourth-order valence-electron chi connectivity index (χ4n) is 2.67. The Labute approximate surface area is 118 Å². The third-order valence-electron chi connectivity index (χ3n) is 3.72. The van der Waals surface area contributed by atoms with Crippen molar-refractivity contribution in [1.29, 1.82) is 0 Å². The molecule has 1 unspecified atom stereocenters. The number of para-hydroxylation sites is 2. The predicted molar refractivity (Wildman–Crippen MR) is 77.1 cm³/mol. The summed E-state index contributed by atoms with van der Waals surface area (Å²) < 4.78 is 10.7. The Bertz CT molecular complexity index is 466. The van der Waals surface area contributed by atoms with Gasteiger partial charge in [0.1, 0.15) is 0 Å². The highest BCUT2D eigenvalue weighted by molar-refractivity contribution is 5.97. The maximum atomic E-state index is 12.2. The summed E-state index contributed by atoms with van der Waals surface area (Å²) in [6.07, 6.45) is 1.92. The second kappa shape index (κ2) is 6.24. The van der Waals surface area contributed by atoms with E-state index in [2.05, 4.69) is 16.3 Å². The summed E-state index contributed by atoms with van der Waals surface area (Å²) in [5.74, 6) is -0.128. The smallest absolute Gasteiger partial charge is 0.255 e. The number of carbonyl (C=O) groups excluding carboxylic acids is 1. The van der Waals surface area contributed by atoms with Crippen LogP contribution in [0.5, 0.6) is 0 Å². The third kappa shape index (κ3) is 2.94. The van der Waals surface area contributed by atoms with Crippen molar-refractivity contribution in [3.8, 4) is 0 Å². The first kappa shape index (κ1) is 13.4. The molecule has 5 nitrogen and oxygen atoms in total. The average molecular weight is 276 g/mol. The Morgan fingerprint density at radius 2 is 2.00 bits per heavy atom. The molecule has 0 aliphatic carbocycles. The molecule has 108 valence electrons. The zero-order valence-corrected chi connectivity index (χ0v) is 11.5. The predicted octanol–water partition coefficient (Wildman–Crippen LogP) is 1.64. The number of benzene rings is 1. The van der Waals surface area contributed by atoms with E-state index in [0.717, 1.165) is 24.5 Å². The van der Waals surface area contributed by atoms with Crippen molar-refractivity contribution in [2.45, 2.75) is 18.9 Å². The van der Waals surface area contributed by atoms with E-state index in [-0.39, 0.29) is 5.91 Å². The van der Waals surface area contributed by atoms with Gasteiger partial charge in [-0.1, -0.05) is 12.1 Å². The number of carbonyl (C=O) groups is 1. The third-order valence-corrected chi connectivity index (χ3v) is 3.72. The molecule has 20 heavy (non-hydrogen) atoms. The summed E-state index contributed by atoms with van der Waals surface area (Å²) in [6.45, 7) is 3.48. The summed E-state index contributed by atoms with van der Waals surface area (Å²) in [4.78, 5) is 14.5. The van der Waals surface area contributed by atoms with E-state index < -0.39 is 6.10 Å². The molecule has 1 N–H and O–H groups in total. The van der Waals surface area contributed by atoms with Gasteiger partial charge in [-0.3, -0.25) is 4.79 Å². The molecule has 0 saturated carbocycles. The van der Waals surface area contributed by atoms with Crippen LogP contribution < -0.4 is 10.2 Å². The molecule has 1 aromatic carbocycles. The normalized spacial score (nSPS) is 22.8. The van der Waals surface area contributed by atoms with Crippen molar-refractivity contribution in [2.24, 2.45) is 0 Å². The van der Waals surface area contributed by atoms with Gasteiger partial charge in [-0.05, 0) is 25.0 Å².